The van der Waals surface area contributed by atoms with Crippen LogP contribution >= 0.6 is 0 Å². The Morgan fingerprint density at radius 1 is 1.58 bits per heavy atom. The highest BCUT2D eigenvalue weighted by molar-refractivity contribution is 5.77. The lowest BCUT2D eigenvalue weighted by Crippen LogP contribution is -2.43. The summed E-state index contributed by atoms with van der Waals surface area (Å²) in [7, 11) is 0. The summed E-state index contributed by atoms with van der Waals surface area (Å²) in [5.41, 5.74) is 0. The van der Waals surface area contributed by atoms with Crippen molar-refractivity contribution >= 4 is 5.97 Å². The monoisotopic (exact) mass is 169 g/mol. The Morgan fingerprint density at radius 3 is 3.17 bits per heavy atom. The van der Waals surface area contributed by atoms with Crippen LogP contribution in [0.5, 0.6) is 0 Å². The smallest absolute Gasteiger partial charge is 0.323 e. The predicted octanol–water partition coefficient (Wildman–Crippen LogP) is 0.644. The summed E-state index contributed by atoms with van der Waals surface area (Å²) >= 11 is 0. The molecular weight excluding hydrogens is 154 g/mol. The molecule has 3 nitrogen and oxygen atoms in total. The molecule has 0 radical (unpaired) electrons. The molecule has 2 aliphatic heterocycles. The van der Waals surface area contributed by atoms with Crippen LogP contribution in [0.2, 0.25) is 0 Å². The molecule has 0 aromatic carbocycles. The third-order valence-corrected chi connectivity index (χ3v) is 3.01. The van der Waals surface area contributed by atoms with Crippen LogP contribution in [-0.2, 0) is 9.53 Å². The number of esters is 1. The highest BCUT2D eigenvalue weighted by Gasteiger charge is 2.41. The lowest BCUT2D eigenvalue weighted by Gasteiger charge is -2.28. The molecule has 12 heavy (non-hydrogen) atoms. The fourth-order valence-corrected chi connectivity index (χ4v) is 2.32. The number of nitrogens with zero attached hydrogens (tertiary/aromatic N) is 1. The molecule has 0 aliphatic carbocycles. The Kier molecular flexibility index (Phi) is 2.05. The minimum atomic E-state index is 0.00519. The zero-order valence-electron chi connectivity index (χ0n) is 7.45. The highest BCUT2D eigenvalue weighted by Crippen LogP contribution is 2.30. The largest absolute Gasteiger partial charge is 0.465 e. The van der Waals surface area contributed by atoms with Gasteiger partial charge in [0, 0.05) is 0 Å². The van der Waals surface area contributed by atoms with E-state index >= 15 is 0 Å². The summed E-state index contributed by atoms with van der Waals surface area (Å²) in [5, 5.41) is 0. The van der Waals surface area contributed by atoms with Gasteiger partial charge in [-0.15, -0.1) is 0 Å². The standard InChI is InChI=1S/C9H15NO2/c1-2-10-5-3-7-4-6-12-9(11)8(7)10/h7-8H,2-6H2,1H3. The van der Waals surface area contributed by atoms with Crippen molar-refractivity contribution in [3.05, 3.63) is 0 Å². The van der Waals surface area contributed by atoms with E-state index in [9.17, 15) is 4.79 Å². The molecule has 2 saturated heterocycles. The van der Waals surface area contributed by atoms with Crippen molar-refractivity contribution in [3.63, 3.8) is 0 Å². The average molecular weight is 169 g/mol. The van der Waals surface area contributed by atoms with Crippen LogP contribution < -0.4 is 0 Å². The molecule has 0 N–H and O–H groups in total. The van der Waals surface area contributed by atoms with Gasteiger partial charge in [-0.3, -0.25) is 9.69 Å². The molecule has 2 aliphatic rings. The maximum atomic E-state index is 11.4. The van der Waals surface area contributed by atoms with Crippen LogP contribution in [0.1, 0.15) is 19.8 Å². The van der Waals surface area contributed by atoms with E-state index in [1.54, 1.807) is 0 Å². The molecule has 0 spiro atoms. The second-order valence-corrected chi connectivity index (χ2v) is 3.58. The molecule has 0 bridgehead atoms. The van der Waals surface area contributed by atoms with Gasteiger partial charge in [0.2, 0.25) is 0 Å². The van der Waals surface area contributed by atoms with Crippen LogP contribution in [0.4, 0.5) is 0 Å². The maximum Gasteiger partial charge on any atom is 0.323 e. The number of cyclic esters (lactones) is 1. The van der Waals surface area contributed by atoms with Crippen LogP contribution in [0.25, 0.3) is 0 Å². The maximum absolute atomic E-state index is 11.4. The van der Waals surface area contributed by atoms with E-state index in [0.29, 0.717) is 12.5 Å². The highest BCUT2D eigenvalue weighted by atomic mass is 16.5. The number of ether oxygens (including phenoxy) is 1. The Labute approximate surface area is 72.7 Å². The van der Waals surface area contributed by atoms with E-state index in [4.69, 9.17) is 4.74 Å². The molecular formula is C9H15NO2. The van der Waals surface area contributed by atoms with Gasteiger partial charge in [-0.2, -0.15) is 0 Å². The van der Waals surface area contributed by atoms with Gasteiger partial charge in [0.05, 0.1) is 6.61 Å². The summed E-state index contributed by atoms with van der Waals surface area (Å²) in [4.78, 5) is 13.6. The number of fused-ring (bicyclic) bond motifs is 1. The Hall–Kier alpha value is -0.570. The number of carbonyl (C=O) groups excluding carboxylic acids is 1. The van der Waals surface area contributed by atoms with Crippen molar-refractivity contribution in [2.75, 3.05) is 19.7 Å². The molecule has 0 saturated carbocycles. The third-order valence-electron chi connectivity index (χ3n) is 3.01. The summed E-state index contributed by atoms with van der Waals surface area (Å²) < 4.78 is 5.04. The number of likely N-dealkylation sites (tertiary alicyclic amines) is 1. The Balaban J connectivity index is 2.11. The van der Waals surface area contributed by atoms with Gasteiger partial charge >= 0.3 is 5.97 Å². The zero-order valence-corrected chi connectivity index (χ0v) is 7.45. The van der Waals surface area contributed by atoms with Gasteiger partial charge < -0.3 is 4.74 Å². The van der Waals surface area contributed by atoms with Crippen LogP contribution in [0.3, 0.4) is 0 Å². The lowest BCUT2D eigenvalue weighted by atomic mass is 9.95. The van der Waals surface area contributed by atoms with Crippen LogP contribution in [-0.4, -0.2) is 36.6 Å². The first-order valence-corrected chi connectivity index (χ1v) is 4.73. The van der Waals surface area contributed by atoms with Gasteiger partial charge in [-0.05, 0) is 31.8 Å². The van der Waals surface area contributed by atoms with E-state index in [2.05, 4.69) is 11.8 Å². The molecule has 3 heteroatoms. The van der Waals surface area contributed by atoms with Gasteiger partial charge in [-0.25, -0.2) is 0 Å². The molecule has 2 heterocycles. The molecule has 0 aromatic rings. The van der Waals surface area contributed by atoms with Crippen molar-refractivity contribution in [2.45, 2.75) is 25.8 Å². The number of rotatable bonds is 1. The minimum absolute atomic E-state index is 0.00519. The third kappa shape index (κ3) is 1.12. The first kappa shape index (κ1) is 8.05. The Bertz CT molecular complexity index is 187. The lowest BCUT2D eigenvalue weighted by molar-refractivity contribution is -0.155. The first-order chi connectivity index (χ1) is 5.83. The minimum Gasteiger partial charge on any atom is -0.465 e. The molecule has 2 rings (SSSR count). The summed E-state index contributed by atoms with van der Waals surface area (Å²) in [6.07, 6.45) is 2.24. The van der Waals surface area contributed by atoms with Crippen molar-refractivity contribution in [1.29, 1.82) is 0 Å². The SMILES string of the molecule is CCN1CCC2CCOC(=O)C21. The summed E-state index contributed by atoms with van der Waals surface area (Å²) in [6, 6.07) is 0.0868. The van der Waals surface area contributed by atoms with Crippen molar-refractivity contribution in [2.24, 2.45) is 5.92 Å². The number of carbonyl (C=O) groups is 1. The van der Waals surface area contributed by atoms with Gasteiger partial charge in [0.15, 0.2) is 0 Å². The number of hydrogen-bond donors (Lipinski definition) is 0. The van der Waals surface area contributed by atoms with Crippen LogP contribution in [0.15, 0.2) is 0 Å². The fourth-order valence-electron chi connectivity index (χ4n) is 2.32. The number of hydrogen-bond acceptors (Lipinski definition) is 3. The van der Waals surface area contributed by atoms with Crippen LogP contribution in [0, 0.1) is 5.92 Å². The molecule has 2 atom stereocenters. The van der Waals surface area contributed by atoms with Crippen molar-refractivity contribution < 1.29 is 9.53 Å². The Morgan fingerprint density at radius 2 is 2.42 bits per heavy atom. The second kappa shape index (κ2) is 3.05. The molecule has 0 amide bonds. The van der Waals surface area contributed by atoms with E-state index in [0.717, 1.165) is 19.5 Å². The van der Waals surface area contributed by atoms with E-state index in [1.807, 2.05) is 0 Å². The normalized spacial score (nSPS) is 36.2. The van der Waals surface area contributed by atoms with Crippen molar-refractivity contribution in [3.8, 4) is 0 Å². The summed E-state index contributed by atoms with van der Waals surface area (Å²) in [6.45, 7) is 4.78. The first-order valence-electron chi connectivity index (χ1n) is 4.73. The van der Waals surface area contributed by atoms with Gasteiger partial charge in [0.1, 0.15) is 6.04 Å². The summed E-state index contributed by atoms with van der Waals surface area (Å²) in [5.74, 6) is 0.580. The van der Waals surface area contributed by atoms with E-state index in [-0.39, 0.29) is 12.0 Å². The quantitative estimate of drug-likeness (QED) is 0.540. The topological polar surface area (TPSA) is 29.5 Å². The molecule has 2 fully saturated rings. The van der Waals surface area contributed by atoms with E-state index in [1.165, 1.54) is 6.42 Å². The molecule has 2 unspecified atom stereocenters. The predicted molar refractivity (Wildman–Crippen MR) is 44.7 cm³/mol. The molecule has 0 aromatic heterocycles. The van der Waals surface area contributed by atoms with Gasteiger partial charge in [0.25, 0.3) is 0 Å². The van der Waals surface area contributed by atoms with Crippen molar-refractivity contribution in [1.82, 2.24) is 4.90 Å². The average Bonchev–Trinajstić information content (AvgIpc) is 2.49. The van der Waals surface area contributed by atoms with E-state index < -0.39 is 0 Å². The zero-order chi connectivity index (χ0) is 8.55. The van der Waals surface area contributed by atoms with Gasteiger partial charge in [-0.1, -0.05) is 6.92 Å². The molecule has 68 valence electrons. The number of likely N-dealkylation sites (N-methyl/N-ethyl adjacent to an activating group) is 1. The second-order valence-electron chi connectivity index (χ2n) is 3.58. The fraction of sp³-hybridized carbons (Fsp3) is 0.889.